The number of methoxy groups -OCH3 is 2. The highest BCUT2D eigenvalue weighted by molar-refractivity contribution is 6.16. The zero-order valence-electron chi connectivity index (χ0n) is 37.0. The van der Waals surface area contributed by atoms with Crippen LogP contribution in [-0.4, -0.2) is 129 Å². The molecule has 16 nitrogen and oxygen atoms in total. The van der Waals surface area contributed by atoms with Crippen LogP contribution >= 0.6 is 0 Å². The predicted octanol–water partition coefficient (Wildman–Crippen LogP) is 6.55. The van der Waals surface area contributed by atoms with Crippen molar-refractivity contribution >= 4 is 52.8 Å². The fourth-order valence-corrected chi connectivity index (χ4v) is 8.11. The molecule has 0 radical (unpaired) electrons. The molecule has 0 aliphatic carbocycles. The van der Waals surface area contributed by atoms with E-state index in [0.29, 0.717) is 143 Å². The van der Waals surface area contributed by atoms with Crippen molar-refractivity contribution in [2.45, 2.75) is 44.7 Å². The SMILES string of the molecule is COc1cc2c(cc1OCCCOc1cc3c(cc1OC)C(=O)N1c4cc(OCCOCCOCCOCCOCCC(C)=O)ccc4C[C@H]1C=N3)N=C[C@@H]1Cc3ccccc3N1C2=O. The third kappa shape index (κ3) is 10.6. The van der Waals surface area contributed by atoms with E-state index >= 15 is 0 Å². The van der Waals surface area contributed by atoms with Crippen molar-refractivity contribution < 1.29 is 57.0 Å². The summed E-state index contributed by atoms with van der Waals surface area (Å²) >= 11 is 0. The Hall–Kier alpha value is -6.33. The van der Waals surface area contributed by atoms with Gasteiger partial charge in [0, 0.05) is 62.0 Å². The molecular formula is C49H54N4O12. The topological polar surface area (TPSA) is 165 Å². The van der Waals surface area contributed by atoms with E-state index in [4.69, 9.17) is 52.6 Å². The first kappa shape index (κ1) is 45.2. The molecule has 8 rings (SSSR count). The Morgan fingerprint density at radius 2 is 1.08 bits per heavy atom. The Balaban J connectivity index is 0.796. The first-order chi connectivity index (χ1) is 31.8. The molecule has 65 heavy (non-hydrogen) atoms. The molecule has 0 spiro atoms. The first-order valence-electron chi connectivity index (χ1n) is 21.9. The van der Waals surface area contributed by atoms with Crippen LogP contribution in [0.3, 0.4) is 0 Å². The van der Waals surface area contributed by atoms with Gasteiger partial charge in [-0.3, -0.25) is 34.2 Å². The van der Waals surface area contributed by atoms with E-state index in [2.05, 4.69) is 0 Å². The molecule has 0 unspecified atom stereocenters. The van der Waals surface area contributed by atoms with E-state index in [0.717, 1.165) is 22.5 Å². The lowest BCUT2D eigenvalue weighted by atomic mass is 10.1. The van der Waals surface area contributed by atoms with Gasteiger partial charge in [-0.05, 0) is 42.3 Å². The van der Waals surface area contributed by atoms with Gasteiger partial charge in [0.2, 0.25) is 0 Å². The zero-order valence-corrected chi connectivity index (χ0v) is 37.0. The molecule has 0 saturated carbocycles. The van der Waals surface area contributed by atoms with Gasteiger partial charge in [0.1, 0.15) is 18.1 Å². The molecule has 2 atom stereocenters. The monoisotopic (exact) mass is 890 g/mol. The van der Waals surface area contributed by atoms with Crippen molar-refractivity contribution in [1.82, 2.24) is 0 Å². The van der Waals surface area contributed by atoms with Crippen molar-refractivity contribution in [2.24, 2.45) is 9.98 Å². The van der Waals surface area contributed by atoms with Gasteiger partial charge >= 0.3 is 0 Å². The summed E-state index contributed by atoms with van der Waals surface area (Å²) < 4.78 is 51.7. The Morgan fingerprint density at radius 1 is 0.569 bits per heavy atom. The minimum absolute atomic E-state index is 0.107. The number of carbonyl (C=O) groups is 3. The molecule has 2 amide bonds. The second kappa shape index (κ2) is 21.6. The fourth-order valence-electron chi connectivity index (χ4n) is 8.11. The van der Waals surface area contributed by atoms with E-state index in [1.165, 1.54) is 7.11 Å². The molecule has 0 saturated heterocycles. The molecule has 16 heteroatoms. The molecule has 342 valence electrons. The summed E-state index contributed by atoms with van der Waals surface area (Å²) in [5.41, 5.74) is 5.67. The maximum absolute atomic E-state index is 14.2. The molecule has 4 aromatic carbocycles. The summed E-state index contributed by atoms with van der Waals surface area (Å²) in [4.78, 5) is 51.9. The Labute approximate surface area is 378 Å². The maximum Gasteiger partial charge on any atom is 0.261 e. The van der Waals surface area contributed by atoms with E-state index < -0.39 is 0 Å². The molecule has 0 fully saturated rings. The summed E-state index contributed by atoms with van der Waals surface area (Å²) in [6.07, 6.45) is 5.88. The lowest BCUT2D eigenvalue weighted by molar-refractivity contribution is -0.118. The maximum atomic E-state index is 14.2. The summed E-state index contributed by atoms with van der Waals surface area (Å²) in [7, 11) is 3.08. The number of hydrogen-bond donors (Lipinski definition) is 0. The van der Waals surface area contributed by atoms with Gasteiger partial charge in [0.15, 0.2) is 23.0 Å². The van der Waals surface area contributed by atoms with Gasteiger partial charge in [-0.25, -0.2) is 0 Å². The van der Waals surface area contributed by atoms with Gasteiger partial charge < -0.3 is 42.6 Å². The number of aliphatic imine (C=N–C) groups is 2. The van der Waals surface area contributed by atoms with Gasteiger partial charge in [-0.1, -0.05) is 24.3 Å². The number of para-hydroxylation sites is 1. The van der Waals surface area contributed by atoms with Crippen LogP contribution in [0.2, 0.25) is 0 Å². The highest BCUT2D eigenvalue weighted by atomic mass is 16.6. The highest BCUT2D eigenvalue weighted by Gasteiger charge is 2.38. The molecule has 4 heterocycles. The lowest BCUT2D eigenvalue weighted by Crippen LogP contribution is -2.37. The first-order valence-corrected chi connectivity index (χ1v) is 21.9. The predicted molar refractivity (Wildman–Crippen MR) is 243 cm³/mol. The van der Waals surface area contributed by atoms with Crippen LogP contribution in [0.25, 0.3) is 0 Å². The van der Waals surface area contributed by atoms with E-state index in [9.17, 15) is 14.4 Å². The normalized spacial score (nSPS) is 16.5. The summed E-state index contributed by atoms with van der Waals surface area (Å²) in [5, 5.41) is 0. The quantitative estimate of drug-likeness (QED) is 0.0698. The number of carbonyl (C=O) groups excluding carboxylic acids is 3. The Bertz CT molecular complexity index is 2420. The number of anilines is 2. The largest absolute Gasteiger partial charge is 0.493 e. The zero-order chi connectivity index (χ0) is 45.1. The van der Waals surface area contributed by atoms with Crippen LogP contribution in [0.15, 0.2) is 76.7 Å². The minimum atomic E-state index is -0.268. The number of benzene rings is 4. The van der Waals surface area contributed by atoms with Crippen LogP contribution in [0.4, 0.5) is 22.7 Å². The average Bonchev–Trinajstić information content (AvgIpc) is 3.80. The third-order valence-electron chi connectivity index (χ3n) is 11.3. The third-order valence-corrected chi connectivity index (χ3v) is 11.3. The molecule has 0 bridgehead atoms. The van der Waals surface area contributed by atoms with Crippen molar-refractivity contribution in [2.75, 3.05) is 96.7 Å². The molecule has 4 aromatic rings. The Morgan fingerprint density at radius 3 is 1.63 bits per heavy atom. The molecule has 4 aliphatic rings. The second-order valence-corrected chi connectivity index (χ2v) is 15.7. The minimum Gasteiger partial charge on any atom is -0.493 e. The number of Topliss-reactive ketones (excluding diaryl/α,β-unsaturated/α-hetero) is 1. The van der Waals surface area contributed by atoms with Gasteiger partial charge in [0.25, 0.3) is 11.8 Å². The number of rotatable bonds is 24. The number of ketones is 1. The van der Waals surface area contributed by atoms with Crippen molar-refractivity contribution in [3.63, 3.8) is 0 Å². The summed E-state index contributed by atoms with van der Waals surface area (Å²) in [6.45, 7) is 5.86. The smallest absolute Gasteiger partial charge is 0.261 e. The number of hydrogen-bond acceptors (Lipinski definition) is 14. The van der Waals surface area contributed by atoms with Gasteiger partial charge in [-0.2, -0.15) is 0 Å². The van der Waals surface area contributed by atoms with Gasteiger partial charge in [0.05, 0.1) is 121 Å². The Kier molecular flexibility index (Phi) is 15.0. The van der Waals surface area contributed by atoms with Crippen LogP contribution in [-0.2, 0) is 36.6 Å². The standard InChI is InChI=1S/C49H54N4O12/c1-32(54)11-14-59-15-16-60-17-18-61-19-20-62-21-22-63-37-10-9-34-24-36-31-51-41-29-47(45(58-3)27-39(41)49(56)53(36)43(34)25-37)65-13-6-12-64-46-28-40-38(26-44(46)57-2)48(55)52-35(30-50-40)23-33-7-4-5-8-42(33)52/h4-5,7-10,25-31,35-36H,6,11-24H2,1-3H3/t35-,36-/m0/s1. The van der Waals surface area contributed by atoms with Crippen LogP contribution in [0.5, 0.6) is 28.7 Å². The molecule has 4 aliphatic heterocycles. The van der Waals surface area contributed by atoms with Crippen molar-refractivity contribution in [3.8, 4) is 28.7 Å². The van der Waals surface area contributed by atoms with E-state index in [-0.39, 0.29) is 36.3 Å². The summed E-state index contributed by atoms with van der Waals surface area (Å²) in [6, 6.07) is 20.1. The van der Waals surface area contributed by atoms with Crippen LogP contribution in [0.1, 0.15) is 51.6 Å². The molecular weight excluding hydrogens is 837 g/mol. The average molecular weight is 891 g/mol. The molecule has 0 N–H and O–H groups in total. The van der Waals surface area contributed by atoms with Crippen molar-refractivity contribution in [1.29, 1.82) is 0 Å². The number of nitrogens with zero attached hydrogens (tertiary/aromatic N) is 4. The summed E-state index contributed by atoms with van der Waals surface area (Å²) in [5.74, 6) is 2.17. The second-order valence-electron chi connectivity index (χ2n) is 15.7. The fraction of sp³-hybridized carbons (Fsp3) is 0.408. The molecule has 0 aromatic heterocycles. The van der Waals surface area contributed by atoms with Crippen LogP contribution in [0, 0.1) is 0 Å². The number of amides is 2. The highest BCUT2D eigenvalue weighted by Crippen LogP contribution is 2.43. The van der Waals surface area contributed by atoms with Crippen molar-refractivity contribution in [3.05, 3.63) is 89.0 Å². The van der Waals surface area contributed by atoms with E-state index in [1.54, 1.807) is 54.3 Å². The van der Waals surface area contributed by atoms with Gasteiger partial charge in [-0.15, -0.1) is 0 Å². The number of ether oxygens (including phenoxy) is 9. The van der Waals surface area contributed by atoms with Crippen LogP contribution < -0.4 is 33.5 Å². The van der Waals surface area contributed by atoms with E-state index in [1.807, 2.05) is 48.7 Å². The number of fused-ring (bicyclic) bond motifs is 8. The lowest BCUT2D eigenvalue weighted by Gasteiger charge is -2.22.